The molecule has 1 heterocycles. The third kappa shape index (κ3) is 3.87. The maximum atomic E-state index is 11.4. The standard InChI is InChI=1S/C10H19NO2/c1-8(2)13-6-4-9-7-11-5-3-10(9)12/h8-9,11H,3-7H2,1-2H3. The van der Waals surface area contributed by atoms with Crippen molar-refractivity contribution in [3.63, 3.8) is 0 Å². The van der Waals surface area contributed by atoms with Gasteiger partial charge in [0.05, 0.1) is 6.10 Å². The molecule has 1 saturated heterocycles. The molecule has 0 saturated carbocycles. The summed E-state index contributed by atoms with van der Waals surface area (Å²) in [5.74, 6) is 0.582. The van der Waals surface area contributed by atoms with Crippen molar-refractivity contribution in [1.82, 2.24) is 5.32 Å². The van der Waals surface area contributed by atoms with E-state index in [1.807, 2.05) is 13.8 Å². The van der Waals surface area contributed by atoms with Crippen molar-refractivity contribution in [2.75, 3.05) is 19.7 Å². The molecule has 0 bridgehead atoms. The van der Waals surface area contributed by atoms with E-state index in [-0.39, 0.29) is 12.0 Å². The zero-order chi connectivity index (χ0) is 9.68. The summed E-state index contributed by atoms with van der Waals surface area (Å²) in [5, 5.41) is 3.23. The predicted octanol–water partition coefficient (Wildman–Crippen LogP) is 0.980. The summed E-state index contributed by atoms with van der Waals surface area (Å²) in [4.78, 5) is 11.4. The highest BCUT2D eigenvalue weighted by molar-refractivity contribution is 5.82. The second kappa shape index (κ2) is 5.35. The lowest BCUT2D eigenvalue weighted by atomic mass is 9.95. The van der Waals surface area contributed by atoms with E-state index in [9.17, 15) is 4.79 Å². The Morgan fingerprint density at radius 3 is 3.00 bits per heavy atom. The third-order valence-electron chi connectivity index (χ3n) is 2.31. The van der Waals surface area contributed by atoms with Gasteiger partial charge >= 0.3 is 0 Å². The van der Waals surface area contributed by atoms with Crippen LogP contribution in [0.5, 0.6) is 0 Å². The van der Waals surface area contributed by atoms with Crippen LogP contribution < -0.4 is 5.32 Å². The van der Waals surface area contributed by atoms with E-state index >= 15 is 0 Å². The van der Waals surface area contributed by atoms with Gasteiger partial charge in [-0.05, 0) is 20.3 Å². The normalized spacial score (nSPS) is 23.9. The SMILES string of the molecule is CC(C)OCCC1CNCCC1=O. The first kappa shape index (κ1) is 10.7. The van der Waals surface area contributed by atoms with Gasteiger partial charge in [-0.1, -0.05) is 0 Å². The Hall–Kier alpha value is -0.410. The van der Waals surface area contributed by atoms with Crippen LogP contribution in [0.15, 0.2) is 0 Å². The van der Waals surface area contributed by atoms with Crippen molar-refractivity contribution in [3.05, 3.63) is 0 Å². The molecule has 1 N–H and O–H groups in total. The first-order chi connectivity index (χ1) is 6.20. The number of hydrogen-bond donors (Lipinski definition) is 1. The van der Waals surface area contributed by atoms with Gasteiger partial charge in [0.2, 0.25) is 0 Å². The topological polar surface area (TPSA) is 38.3 Å². The first-order valence-corrected chi connectivity index (χ1v) is 5.05. The van der Waals surface area contributed by atoms with Crippen molar-refractivity contribution in [2.24, 2.45) is 5.92 Å². The molecule has 3 heteroatoms. The largest absolute Gasteiger partial charge is 0.379 e. The number of ketones is 1. The zero-order valence-electron chi connectivity index (χ0n) is 8.51. The van der Waals surface area contributed by atoms with E-state index in [2.05, 4.69) is 5.32 Å². The molecule has 13 heavy (non-hydrogen) atoms. The van der Waals surface area contributed by atoms with Crippen molar-refractivity contribution in [3.8, 4) is 0 Å². The van der Waals surface area contributed by atoms with Crippen LogP contribution >= 0.6 is 0 Å². The fourth-order valence-electron chi connectivity index (χ4n) is 1.51. The molecule has 0 aromatic carbocycles. The Morgan fingerprint density at radius 1 is 1.62 bits per heavy atom. The highest BCUT2D eigenvalue weighted by atomic mass is 16.5. The number of carbonyl (C=O) groups is 1. The van der Waals surface area contributed by atoms with Crippen molar-refractivity contribution >= 4 is 5.78 Å². The lowest BCUT2D eigenvalue weighted by molar-refractivity contribution is -0.124. The van der Waals surface area contributed by atoms with Gasteiger partial charge in [-0.2, -0.15) is 0 Å². The fourth-order valence-corrected chi connectivity index (χ4v) is 1.51. The molecule has 0 aliphatic carbocycles. The minimum atomic E-state index is 0.187. The number of ether oxygens (including phenoxy) is 1. The smallest absolute Gasteiger partial charge is 0.138 e. The van der Waals surface area contributed by atoms with Crippen LogP contribution in [0.4, 0.5) is 0 Å². The van der Waals surface area contributed by atoms with Crippen LogP contribution in [0.1, 0.15) is 26.7 Å². The number of nitrogens with one attached hydrogen (secondary N) is 1. The Balaban J connectivity index is 2.15. The average Bonchev–Trinajstić information content (AvgIpc) is 2.08. The molecule has 0 aromatic rings. The maximum absolute atomic E-state index is 11.4. The molecule has 0 radical (unpaired) electrons. The van der Waals surface area contributed by atoms with E-state index < -0.39 is 0 Å². The average molecular weight is 185 g/mol. The van der Waals surface area contributed by atoms with Gasteiger partial charge in [0.15, 0.2) is 0 Å². The maximum Gasteiger partial charge on any atom is 0.138 e. The molecule has 1 atom stereocenters. The highest BCUT2D eigenvalue weighted by Crippen LogP contribution is 2.10. The molecule has 1 unspecified atom stereocenters. The van der Waals surface area contributed by atoms with Crippen molar-refractivity contribution in [1.29, 1.82) is 0 Å². The third-order valence-corrected chi connectivity index (χ3v) is 2.31. The molecular formula is C10H19NO2. The van der Waals surface area contributed by atoms with E-state index in [0.29, 0.717) is 18.8 Å². The second-order valence-electron chi connectivity index (χ2n) is 3.83. The Morgan fingerprint density at radius 2 is 2.38 bits per heavy atom. The van der Waals surface area contributed by atoms with E-state index in [0.717, 1.165) is 19.5 Å². The summed E-state index contributed by atoms with van der Waals surface area (Å²) in [5.41, 5.74) is 0. The lowest BCUT2D eigenvalue weighted by Crippen LogP contribution is -2.37. The minimum Gasteiger partial charge on any atom is -0.379 e. The Kier molecular flexibility index (Phi) is 4.39. The van der Waals surface area contributed by atoms with E-state index in [1.54, 1.807) is 0 Å². The monoisotopic (exact) mass is 185 g/mol. The summed E-state index contributed by atoms with van der Waals surface area (Å²) >= 11 is 0. The number of piperidine rings is 1. The number of Topliss-reactive ketones (excluding diaryl/α,β-unsaturated/α-hetero) is 1. The number of rotatable bonds is 4. The second-order valence-corrected chi connectivity index (χ2v) is 3.83. The molecule has 1 rings (SSSR count). The summed E-state index contributed by atoms with van der Waals surface area (Å²) in [6, 6.07) is 0. The van der Waals surface area contributed by atoms with Gasteiger partial charge < -0.3 is 10.1 Å². The van der Waals surface area contributed by atoms with E-state index in [1.165, 1.54) is 0 Å². The van der Waals surface area contributed by atoms with Crippen LogP contribution in [0.2, 0.25) is 0 Å². The van der Waals surface area contributed by atoms with Crippen molar-refractivity contribution in [2.45, 2.75) is 32.8 Å². The summed E-state index contributed by atoms with van der Waals surface area (Å²) < 4.78 is 5.41. The Labute approximate surface area is 79.8 Å². The van der Waals surface area contributed by atoms with Crippen molar-refractivity contribution < 1.29 is 9.53 Å². The summed E-state index contributed by atoms with van der Waals surface area (Å²) in [7, 11) is 0. The van der Waals surface area contributed by atoms with E-state index in [4.69, 9.17) is 4.74 Å². The minimum absolute atomic E-state index is 0.187. The van der Waals surface area contributed by atoms with Crippen LogP contribution in [0, 0.1) is 5.92 Å². The molecule has 0 amide bonds. The van der Waals surface area contributed by atoms with Gasteiger partial charge in [0.25, 0.3) is 0 Å². The Bertz CT molecular complexity index is 168. The van der Waals surface area contributed by atoms with Gasteiger partial charge in [-0.25, -0.2) is 0 Å². The lowest BCUT2D eigenvalue weighted by Gasteiger charge is -2.21. The van der Waals surface area contributed by atoms with Gasteiger partial charge in [0.1, 0.15) is 5.78 Å². The molecule has 76 valence electrons. The van der Waals surface area contributed by atoms with Crippen LogP contribution in [-0.4, -0.2) is 31.6 Å². The zero-order valence-corrected chi connectivity index (χ0v) is 8.51. The number of carbonyl (C=O) groups excluding carboxylic acids is 1. The summed E-state index contributed by atoms with van der Waals surface area (Å²) in [6.07, 6.45) is 1.82. The quantitative estimate of drug-likeness (QED) is 0.709. The molecule has 1 fully saturated rings. The van der Waals surface area contributed by atoms with Gasteiger partial charge in [-0.3, -0.25) is 4.79 Å². The van der Waals surface area contributed by atoms with Crippen LogP contribution in [0.3, 0.4) is 0 Å². The molecule has 0 spiro atoms. The van der Waals surface area contributed by atoms with Gasteiger partial charge in [-0.15, -0.1) is 0 Å². The van der Waals surface area contributed by atoms with Gasteiger partial charge in [0, 0.05) is 32.0 Å². The van der Waals surface area contributed by atoms with Crippen LogP contribution in [0.25, 0.3) is 0 Å². The molecular weight excluding hydrogens is 166 g/mol. The van der Waals surface area contributed by atoms with Crippen LogP contribution in [-0.2, 0) is 9.53 Å². The first-order valence-electron chi connectivity index (χ1n) is 5.05. The highest BCUT2D eigenvalue weighted by Gasteiger charge is 2.21. The molecule has 1 aliphatic rings. The fraction of sp³-hybridized carbons (Fsp3) is 0.900. The number of hydrogen-bond acceptors (Lipinski definition) is 3. The molecule has 0 aromatic heterocycles. The summed E-state index contributed by atoms with van der Waals surface area (Å²) in [6.45, 7) is 6.41. The molecule has 3 nitrogen and oxygen atoms in total. The molecule has 1 aliphatic heterocycles. The predicted molar refractivity (Wildman–Crippen MR) is 51.7 cm³/mol.